The van der Waals surface area contributed by atoms with Crippen molar-refractivity contribution in [1.29, 1.82) is 0 Å². The Morgan fingerprint density at radius 2 is 2.19 bits per heavy atom. The summed E-state index contributed by atoms with van der Waals surface area (Å²) >= 11 is 0. The van der Waals surface area contributed by atoms with Crippen molar-refractivity contribution in [2.24, 2.45) is 0 Å². The van der Waals surface area contributed by atoms with Crippen LogP contribution in [0.5, 0.6) is 0 Å². The van der Waals surface area contributed by atoms with Gasteiger partial charge in [-0.1, -0.05) is 12.1 Å². The first-order valence-corrected chi connectivity index (χ1v) is 7.39. The first-order chi connectivity index (χ1) is 10.3. The zero-order chi connectivity index (χ0) is 14.9. The summed E-state index contributed by atoms with van der Waals surface area (Å²) in [5, 5.41) is 13.8. The van der Waals surface area contributed by atoms with E-state index in [1.165, 1.54) is 12.1 Å². The third-order valence-corrected chi connectivity index (χ3v) is 3.45. The largest absolute Gasteiger partial charge is 0.379 e. The first-order valence-electron chi connectivity index (χ1n) is 7.39. The number of nitrogens with zero attached hydrogens (tertiary/aromatic N) is 1. The molecule has 0 radical (unpaired) electrons. The number of non-ortho nitro benzene ring substituents is 1. The standard InChI is InChI=1S/C15H22N2O4/c18-17(19)14-6-4-13(5-7-14)11-16-8-2-9-20-12-15-3-1-10-21-15/h4-7,15-16H,1-3,8-12H2. The Hall–Kier alpha value is -1.50. The molecule has 0 spiro atoms. The molecule has 6 nitrogen and oxygen atoms in total. The van der Waals surface area contributed by atoms with E-state index in [1.807, 2.05) is 0 Å². The van der Waals surface area contributed by atoms with E-state index in [2.05, 4.69) is 5.32 Å². The smallest absolute Gasteiger partial charge is 0.269 e. The number of nitro benzene ring substituents is 1. The van der Waals surface area contributed by atoms with Crippen LogP contribution in [0.2, 0.25) is 0 Å². The van der Waals surface area contributed by atoms with E-state index in [9.17, 15) is 10.1 Å². The van der Waals surface area contributed by atoms with Gasteiger partial charge in [0.15, 0.2) is 0 Å². The van der Waals surface area contributed by atoms with E-state index in [0.29, 0.717) is 13.2 Å². The van der Waals surface area contributed by atoms with Crippen molar-refractivity contribution in [3.63, 3.8) is 0 Å². The van der Waals surface area contributed by atoms with E-state index >= 15 is 0 Å². The molecule has 0 aliphatic carbocycles. The van der Waals surface area contributed by atoms with Crippen LogP contribution in [0.15, 0.2) is 24.3 Å². The van der Waals surface area contributed by atoms with Crippen molar-refractivity contribution < 1.29 is 14.4 Å². The van der Waals surface area contributed by atoms with Gasteiger partial charge in [-0.2, -0.15) is 0 Å². The average Bonchev–Trinajstić information content (AvgIpc) is 3.00. The maximum Gasteiger partial charge on any atom is 0.269 e. The minimum atomic E-state index is -0.386. The van der Waals surface area contributed by atoms with Crippen LogP contribution in [0, 0.1) is 10.1 Å². The molecule has 0 amide bonds. The summed E-state index contributed by atoms with van der Waals surface area (Å²) in [5.74, 6) is 0. The Kier molecular flexibility index (Phi) is 6.59. The van der Waals surface area contributed by atoms with Gasteiger partial charge in [0.2, 0.25) is 0 Å². The van der Waals surface area contributed by atoms with Crippen LogP contribution in [0.25, 0.3) is 0 Å². The summed E-state index contributed by atoms with van der Waals surface area (Å²) in [6, 6.07) is 6.61. The molecular weight excluding hydrogens is 272 g/mol. The molecule has 2 rings (SSSR count). The lowest BCUT2D eigenvalue weighted by atomic mass is 10.2. The summed E-state index contributed by atoms with van der Waals surface area (Å²) < 4.78 is 11.0. The van der Waals surface area contributed by atoms with Gasteiger partial charge in [-0.25, -0.2) is 0 Å². The third-order valence-electron chi connectivity index (χ3n) is 3.45. The highest BCUT2D eigenvalue weighted by atomic mass is 16.6. The molecule has 1 unspecified atom stereocenters. The highest BCUT2D eigenvalue weighted by Gasteiger charge is 2.14. The number of hydrogen-bond acceptors (Lipinski definition) is 5. The second-order valence-electron chi connectivity index (χ2n) is 5.16. The minimum Gasteiger partial charge on any atom is -0.379 e. The highest BCUT2D eigenvalue weighted by Crippen LogP contribution is 2.12. The predicted octanol–water partition coefficient (Wildman–Crippen LogP) is 2.27. The number of nitro groups is 1. The van der Waals surface area contributed by atoms with E-state index in [-0.39, 0.29) is 16.7 Å². The van der Waals surface area contributed by atoms with E-state index in [0.717, 1.165) is 44.6 Å². The molecule has 1 aromatic rings. The molecule has 1 aliphatic heterocycles. The molecule has 6 heteroatoms. The molecule has 0 saturated carbocycles. The third kappa shape index (κ3) is 5.79. The lowest BCUT2D eigenvalue weighted by Gasteiger charge is -2.10. The zero-order valence-electron chi connectivity index (χ0n) is 12.1. The topological polar surface area (TPSA) is 73.6 Å². The van der Waals surface area contributed by atoms with Gasteiger partial charge in [0.25, 0.3) is 5.69 Å². The molecule has 116 valence electrons. The van der Waals surface area contributed by atoms with E-state index in [4.69, 9.17) is 9.47 Å². The molecule has 1 fully saturated rings. The monoisotopic (exact) mass is 294 g/mol. The van der Waals surface area contributed by atoms with Crippen LogP contribution < -0.4 is 5.32 Å². The quantitative estimate of drug-likeness (QED) is 0.429. The second kappa shape index (κ2) is 8.71. The van der Waals surface area contributed by atoms with Crippen molar-refractivity contribution in [3.05, 3.63) is 39.9 Å². The molecule has 1 aromatic carbocycles. The fourth-order valence-electron chi connectivity index (χ4n) is 2.26. The maximum atomic E-state index is 10.5. The normalized spacial score (nSPS) is 18.0. The summed E-state index contributed by atoms with van der Waals surface area (Å²) in [7, 11) is 0. The number of rotatable bonds is 9. The molecule has 1 atom stereocenters. The second-order valence-corrected chi connectivity index (χ2v) is 5.16. The number of ether oxygens (including phenoxy) is 2. The highest BCUT2D eigenvalue weighted by molar-refractivity contribution is 5.32. The number of hydrogen-bond donors (Lipinski definition) is 1. The minimum absolute atomic E-state index is 0.126. The number of benzene rings is 1. The first kappa shape index (κ1) is 15.9. The van der Waals surface area contributed by atoms with Crippen molar-refractivity contribution in [1.82, 2.24) is 5.32 Å². The van der Waals surface area contributed by atoms with Crippen LogP contribution in [0.4, 0.5) is 5.69 Å². The van der Waals surface area contributed by atoms with Crippen LogP contribution in [-0.4, -0.2) is 37.4 Å². The fraction of sp³-hybridized carbons (Fsp3) is 0.600. The summed E-state index contributed by atoms with van der Waals surface area (Å²) in [6.45, 7) is 3.87. The van der Waals surface area contributed by atoms with E-state index in [1.54, 1.807) is 12.1 Å². The molecule has 1 saturated heterocycles. The van der Waals surface area contributed by atoms with E-state index < -0.39 is 0 Å². The van der Waals surface area contributed by atoms with Gasteiger partial charge in [0.1, 0.15) is 0 Å². The maximum absolute atomic E-state index is 10.5. The summed E-state index contributed by atoms with van der Waals surface area (Å²) in [4.78, 5) is 10.1. The van der Waals surface area contributed by atoms with Crippen LogP contribution >= 0.6 is 0 Å². The van der Waals surface area contributed by atoms with Crippen LogP contribution in [0.1, 0.15) is 24.8 Å². The summed E-state index contributed by atoms with van der Waals surface area (Å²) in [5.41, 5.74) is 1.17. The van der Waals surface area contributed by atoms with Gasteiger partial charge in [-0.15, -0.1) is 0 Å². The van der Waals surface area contributed by atoms with Gasteiger partial charge in [-0.05, 0) is 31.4 Å². The lowest BCUT2D eigenvalue weighted by molar-refractivity contribution is -0.384. The van der Waals surface area contributed by atoms with Crippen LogP contribution in [-0.2, 0) is 16.0 Å². The molecule has 0 aromatic heterocycles. The molecule has 1 N–H and O–H groups in total. The van der Waals surface area contributed by atoms with Crippen molar-refractivity contribution in [3.8, 4) is 0 Å². The Balaban J connectivity index is 1.50. The molecule has 0 bridgehead atoms. The zero-order valence-corrected chi connectivity index (χ0v) is 12.1. The van der Waals surface area contributed by atoms with Gasteiger partial charge >= 0.3 is 0 Å². The fourth-order valence-corrected chi connectivity index (χ4v) is 2.26. The lowest BCUT2D eigenvalue weighted by Crippen LogP contribution is -2.18. The van der Waals surface area contributed by atoms with Crippen LogP contribution in [0.3, 0.4) is 0 Å². The Bertz CT molecular complexity index is 430. The van der Waals surface area contributed by atoms with Gasteiger partial charge in [0.05, 0.1) is 17.6 Å². The van der Waals surface area contributed by atoms with Crippen molar-refractivity contribution in [2.45, 2.75) is 31.9 Å². The molecular formula is C15H22N2O4. The molecule has 21 heavy (non-hydrogen) atoms. The average molecular weight is 294 g/mol. The molecule has 1 aliphatic rings. The van der Waals surface area contributed by atoms with Gasteiger partial charge in [0, 0.05) is 31.9 Å². The van der Waals surface area contributed by atoms with Gasteiger partial charge in [-0.3, -0.25) is 10.1 Å². The Morgan fingerprint density at radius 3 is 2.86 bits per heavy atom. The van der Waals surface area contributed by atoms with Crippen molar-refractivity contribution >= 4 is 5.69 Å². The van der Waals surface area contributed by atoms with Gasteiger partial charge < -0.3 is 14.8 Å². The molecule has 1 heterocycles. The number of nitrogens with one attached hydrogen (secondary N) is 1. The summed E-state index contributed by atoms with van der Waals surface area (Å²) in [6.07, 6.45) is 3.49. The SMILES string of the molecule is O=[N+]([O-])c1ccc(CNCCCOCC2CCCO2)cc1. The van der Waals surface area contributed by atoms with Crippen molar-refractivity contribution in [2.75, 3.05) is 26.4 Å². The predicted molar refractivity (Wildman–Crippen MR) is 79.2 cm³/mol. The Morgan fingerprint density at radius 1 is 1.38 bits per heavy atom. The Labute approximate surface area is 124 Å².